The van der Waals surface area contributed by atoms with Gasteiger partial charge in [0, 0.05) is 24.8 Å². The fourth-order valence-electron chi connectivity index (χ4n) is 3.77. The summed E-state index contributed by atoms with van der Waals surface area (Å²) in [4.78, 5) is 17.0. The van der Waals surface area contributed by atoms with Crippen molar-refractivity contribution in [2.45, 2.75) is 58.9 Å². The van der Waals surface area contributed by atoms with Crippen LogP contribution in [0.2, 0.25) is 0 Å². The van der Waals surface area contributed by atoms with Crippen molar-refractivity contribution in [2.24, 2.45) is 0 Å². The molecule has 0 bridgehead atoms. The third kappa shape index (κ3) is 8.05. The van der Waals surface area contributed by atoms with Crippen molar-refractivity contribution in [2.75, 3.05) is 25.6 Å². The van der Waals surface area contributed by atoms with E-state index in [1.54, 1.807) is 7.11 Å². The number of aryl methyl sites for hydroxylation is 2. The smallest absolute Gasteiger partial charge is 0.319 e. The molecule has 0 saturated heterocycles. The lowest BCUT2D eigenvalue weighted by atomic mass is 10.1. The van der Waals surface area contributed by atoms with Gasteiger partial charge in [0.05, 0.1) is 31.4 Å². The minimum atomic E-state index is -0.184. The summed E-state index contributed by atoms with van der Waals surface area (Å²) in [6.07, 6.45) is 9.77. The van der Waals surface area contributed by atoms with Crippen LogP contribution in [0.3, 0.4) is 0 Å². The lowest BCUT2D eigenvalue weighted by Crippen LogP contribution is -2.30. The highest BCUT2D eigenvalue weighted by atomic mass is 16.5. The van der Waals surface area contributed by atoms with Gasteiger partial charge < -0.3 is 24.7 Å². The maximum Gasteiger partial charge on any atom is 0.319 e. The van der Waals surface area contributed by atoms with E-state index in [1.807, 2.05) is 48.9 Å². The Hall–Kier alpha value is -3.48. The van der Waals surface area contributed by atoms with Crippen LogP contribution in [0.1, 0.15) is 51.5 Å². The molecule has 0 fully saturated rings. The van der Waals surface area contributed by atoms with Gasteiger partial charge in [-0.15, -0.1) is 0 Å². The summed E-state index contributed by atoms with van der Waals surface area (Å²) in [5, 5.41) is 5.97. The molecular weight excluding hydrogens is 440 g/mol. The van der Waals surface area contributed by atoms with Crippen LogP contribution in [0.5, 0.6) is 11.5 Å². The van der Waals surface area contributed by atoms with Gasteiger partial charge in [0.25, 0.3) is 0 Å². The van der Waals surface area contributed by atoms with E-state index in [0.29, 0.717) is 18.9 Å². The number of aromatic nitrogens is 2. The molecule has 0 atom stereocenters. The molecule has 0 radical (unpaired) electrons. The topological polar surface area (TPSA) is 77.4 Å². The molecule has 3 rings (SSSR count). The molecule has 0 aliphatic heterocycles. The molecule has 7 heteroatoms. The molecule has 2 N–H and O–H groups in total. The number of benzene rings is 2. The summed E-state index contributed by atoms with van der Waals surface area (Å²) < 4.78 is 13.4. The van der Waals surface area contributed by atoms with Gasteiger partial charge >= 0.3 is 6.03 Å². The van der Waals surface area contributed by atoms with Crippen LogP contribution in [-0.2, 0) is 13.0 Å². The number of nitrogens with zero attached hydrogens (tertiary/aromatic N) is 2. The number of methoxy groups -OCH3 is 1. The van der Waals surface area contributed by atoms with E-state index in [4.69, 9.17) is 9.47 Å². The Morgan fingerprint density at radius 2 is 1.83 bits per heavy atom. The normalized spacial score (nSPS) is 10.7. The quantitative estimate of drug-likeness (QED) is 0.267. The van der Waals surface area contributed by atoms with Crippen LogP contribution in [0, 0.1) is 0 Å². The molecule has 0 aliphatic rings. The number of unbranched alkanes of at least 4 members (excludes halogenated alkanes) is 2. The van der Waals surface area contributed by atoms with E-state index < -0.39 is 0 Å². The summed E-state index contributed by atoms with van der Waals surface area (Å²) in [5.74, 6) is 1.55. The van der Waals surface area contributed by atoms with E-state index in [-0.39, 0.29) is 6.03 Å². The predicted octanol–water partition coefficient (Wildman–Crippen LogP) is 6.29. The third-order valence-electron chi connectivity index (χ3n) is 5.80. The molecule has 0 aliphatic carbocycles. The van der Waals surface area contributed by atoms with Gasteiger partial charge in [0.15, 0.2) is 0 Å². The first kappa shape index (κ1) is 26.1. The highest BCUT2D eigenvalue weighted by Crippen LogP contribution is 2.30. The maximum absolute atomic E-state index is 12.4. The second-order valence-corrected chi connectivity index (χ2v) is 8.56. The number of hydrogen-bond acceptors (Lipinski definition) is 4. The van der Waals surface area contributed by atoms with Crippen LogP contribution in [0.15, 0.2) is 55.0 Å². The molecule has 3 aromatic rings. The van der Waals surface area contributed by atoms with Crippen LogP contribution >= 0.6 is 0 Å². The first-order valence-corrected chi connectivity index (χ1v) is 12.6. The number of carbonyl (C=O) groups is 1. The number of amides is 2. The Morgan fingerprint density at radius 3 is 2.57 bits per heavy atom. The second kappa shape index (κ2) is 14.0. The van der Waals surface area contributed by atoms with Crippen molar-refractivity contribution in [3.05, 3.63) is 60.6 Å². The standard InChI is InChI=1S/C28H38N4O3/c1-4-6-10-23-11-8-12-26(27(23)31-28(33)29-17-7-5-2)35-19-9-18-32-20-25(30-21-32)22-13-15-24(34-3)16-14-22/h8,11-16,20-21H,4-7,9-10,17-19H2,1-3H3,(H2,29,31,33). The molecular formula is C28H38N4O3. The number of imidazole rings is 1. The second-order valence-electron chi connectivity index (χ2n) is 8.56. The number of urea groups is 1. The van der Waals surface area contributed by atoms with E-state index in [2.05, 4.69) is 40.1 Å². The van der Waals surface area contributed by atoms with Crippen LogP contribution in [0.25, 0.3) is 11.3 Å². The fraction of sp³-hybridized carbons (Fsp3) is 0.429. The molecule has 35 heavy (non-hydrogen) atoms. The molecule has 0 saturated carbocycles. The van der Waals surface area contributed by atoms with Crippen LogP contribution < -0.4 is 20.1 Å². The summed E-state index contributed by atoms with van der Waals surface area (Å²) in [7, 11) is 1.66. The van der Waals surface area contributed by atoms with Crippen molar-refractivity contribution < 1.29 is 14.3 Å². The number of anilines is 1. The van der Waals surface area contributed by atoms with Crippen molar-refractivity contribution in [3.63, 3.8) is 0 Å². The van der Waals surface area contributed by atoms with E-state index in [1.165, 1.54) is 0 Å². The Morgan fingerprint density at radius 1 is 1.03 bits per heavy atom. The van der Waals surface area contributed by atoms with Gasteiger partial charge in [-0.3, -0.25) is 0 Å². The zero-order valence-corrected chi connectivity index (χ0v) is 21.2. The summed E-state index contributed by atoms with van der Waals surface area (Å²) in [6, 6.07) is 13.7. The monoisotopic (exact) mass is 478 g/mol. The Labute approximate surface area is 208 Å². The first-order chi connectivity index (χ1) is 17.1. The zero-order chi connectivity index (χ0) is 24.9. The third-order valence-corrected chi connectivity index (χ3v) is 5.80. The Bertz CT molecular complexity index is 1050. The van der Waals surface area contributed by atoms with E-state index in [9.17, 15) is 4.79 Å². The van der Waals surface area contributed by atoms with E-state index in [0.717, 1.165) is 73.3 Å². The van der Waals surface area contributed by atoms with Gasteiger partial charge in [0.1, 0.15) is 11.5 Å². The van der Waals surface area contributed by atoms with Crippen LogP contribution in [0.4, 0.5) is 10.5 Å². The van der Waals surface area contributed by atoms with Crippen molar-refractivity contribution in [1.29, 1.82) is 0 Å². The highest BCUT2D eigenvalue weighted by Gasteiger charge is 2.13. The lowest BCUT2D eigenvalue weighted by Gasteiger charge is -2.17. The Balaban J connectivity index is 1.57. The molecule has 2 amide bonds. The molecule has 1 aromatic heterocycles. The summed E-state index contributed by atoms with van der Waals surface area (Å²) >= 11 is 0. The number of nitrogens with one attached hydrogen (secondary N) is 2. The molecule has 7 nitrogen and oxygen atoms in total. The summed E-state index contributed by atoms with van der Waals surface area (Å²) in [6.45, 7) is 6.27. The minimum Gasteiger partial charge on any atom is -0.497 e. The summed E-state index contributed by atoms with van der Waals surface area (Å²) in [5.41, 5.74) is 3.86. The van der Waals surface area contributed by atoms with Gasteiger partial charge in [-0.1, -0.05) is 38.8 Å². The lowest BCUT2D eigenvalue weighted by molar-refractivity contribution is 0.251. The largest absolute Gasteiger partial charge is 0.497 e. The average Bonchev–Trinajstić information content (AvgIpc) is 3.35. The van der Waals surface area contributed by atoms with E-state index >= 15 is 0 Å². The fourth-order valence-corrected chi connectivity index (χ4v) is 3.77. The maximum atomic E-state index is 12.4. The highest BCUT2D eigenvalue weighted by molar-refractivity contribution is 5.92. The average molecular weight is 479 g/mol. The van der Waals surface area contributed by atoms with Gasteiger partial charge in [-0.2, -0.15) is 0 Å². The number of carbonyl (C=O) groups excluding carboxylic acids is 1. The van der Waals surface area contributed by atoms with Gasteiger partial charge in [-0.05, 0) is 61.6 Å². The number of rotatable bonds is 14. The molecule has 2 aromatic carbocycles. The SMILES string of the molecule is CCCCNC(=O)Nc1c(CCCC)cccc1OCCCn1cnc(-c2ccc(OC)cc2)c1. The van der Waals surface area contributed by atoms with Gasteiger partial charge in [-0.25, -0.2) is 9.78 Å². The Kier molecular flexibility index (Phi) is 10.5. The number of para-hydroxylation sites is 1. The number of hydrogen-bond donors (Lipinski definition) is 2. The van der Waals surface area contributed by atoms with Crippen molar-refractivity contribution >= 4 is 11.7 Å². The van der Waals surface area contributed by atoms with Crippen molar-refractivity contribution in [3.8, 4) is 22.8 Å². The predicted molar refractivity (Wildman–Crippen MR) is 141 cm³/mol. The minimum absolute atomic E-state index is 0.184. The number of ether oxygens (including phenoxy) is 2. The first-order valence-electron chi connectivity index (χ1n) is 12.6. The molecule has 188 valence electrons. The zero-order valence-electron chi connectivity index (χ0n) is 21.2. The van der Waals surface area contributed by atoms with Crippen molar-refractivity contribution in [1.82, 2.24) is 14.9 Å². The van der Waals surface area contributed by atoms with Crippen LogP contribution in [-0.4, -0.2) is 35.8 Å². The van der Waals surface area contributed by atoms with Gasteiger partial charge in [0.2, 0.25) is 0 Å². The molecule has 1 heterocycles. The molecule has 0 spiro atoms. The molecule has 0 unspecified atom stereocenters.